The van der Waals surface area contributed by atoms with Crippen molar-refractivity contribution in [3.05, 3.63) is 76.0 Å². The fourth-order valence-corrected chi connectivity index (χ4v) is 4.65. The van der Waals surface area contributed by atoms with Gasteiger partial charge >= 0.3 is 0 Å². The molecule has 2 heterocycles. The molecule has 176 valence electrons. The topological polar surface area (TPSA) is 83.3 Å². The Kier molecular flexibility index (Phi) is 6.85. The number of non-ortho nitro benzene ring substituents is 1. The van der Waals surface area contributed by atoms with Crippen LogP contribution in [0.3, 0.4) is 0 Å². The van der Waals surface area contributed by atoms with Crippen LogP contribution < -0.4 is 9.47 Å². The van der Waals surface area contributed by atoms with Gasteiger partial charge < -0.3 is 23.8 Å². The Labute approximate surface area is 193 Å². The molecular formula is C25H30N2O6. The second kappa shape index (κ2) is 9.80. The molecule has 0 saturated carbocycles. The zero-order valence-electron chi connectivity index (χ0n) is 19.2. The number of fused-ring (bicyclic) bond motifs is 1. The van der Waals surface area contributed by atoms with Crippen molar-refractivity contribution in [1.29, 1.82) is 0 Å². The molecule has 0 N–H and O–H groups in total. The third-order valence-electron chi connectivity index (χ3n) is 6.44. The molecule has 33 heavy (non-hydrogen) atoms. The Morgan fingerprint density at radius 1 is 1.09 bits per heavy atom. The minimum absolute atomic E-state index is 0.0876. The van der Waals surface area contributed by atoms with Gasteiger partial charge in [-0.25, -0.2) is 0 Å². The fourth-order valence-electron chi connectivity index (χ4n) is 4.65. The average molecular weight is 455 g/mol. The van der Waals surface area contributed by atoms with E-state index < -0.39 is 5.79 Å². The Bertz CT molecular complexity index is 1000. The summed E-state index contributed by atoms with van der Waals surface area (Å²) < 4.78 is 22.3. The lowest BCUT2D eigenvalue weighted by molar-refractivity contribution is -0.385. The summed E-state index contributed by atoms with van der Waals surface area (Å²) in [5.41, 5.74) is 2.21. The highest BCUT2D eigenvalue weighted by Crippen LogP contribution is 2.46. The molecule has 2 fully saturated rings. The van der Waals surface area contributed by atoms with E-state index in [4.69, 9.17) is 18.9 Å². The molecule has 2 aliphatic heterocycles. The van der Waals surface area contributed by atoms with Gasteiger partial charge in [-0.2, -0.15) is 0 Å². The van der Waals surface area contributed by atoms with Crippen LogP contribution in [0.25, 0.3) is 0 Å². The van der Waals surface area contributed by atoms with Crippen molar-refractivity contribution in [3.63, 3.8) is 0 Å². The summed E-state index contributed by atoms with van der Waals surface area (Å²) in [7, 11) is 5.35. The summed E-state index contributed by atoms with van der Waals surface area (Å²) in [6.45, 7) is 1.51. The van der Waals surface area contributed by atoms with E-state index in [-0.39, 0.29) is 16.7 Å². The summed E-state index contributed by atoms with van der Waals surface area (Å²) in [5, 5.41) is 10.9. The minimum Gasteiger partial charge on any atom is -0.493 e. The molecule has 3 atom stereocenters. The SMILES string of the molecule is CN1CCC2CCC3(C=C21)OCC(c1cccc([N+](=O)[O-])c1)O3.COc1ccccc1OC. The van der Waals surface area contributed by atoms with Gasteiger partial charge in [-0.3, -0.25) is 10.1 Å². The third-order valence-corrected chi connectivity index (χ3v) is 6.44. The average Bonchev–Trinajstić information content (AvgIpc) is 3.43. The predicted molar refractivity (Wildman–Crippen MR) is 123 cm³/mol. The first kappa shape index (κ1) is 23.1. The number of nitrogens with zero attached hydrogens (tertiary/aromatic N) is 2. The van der Waals surface area contributed by atoms with Crippen molar-refractivity contribution in [2.75, 3.05) is 34.4 Å². The molecule has 5 rings (SSSR count). The molecule has 2 saturated heterocycles. The zero-order chi connectivity index (χ0) is 23.4. The van der Waals surface area contributed by atoms with Crippen molar-refractivity contribution in [1.82, 2.24) is 4.90 Å². The maximum atomic E-state index is 10.9. The number of hydrogen-bond donors (Lipinski definition) is 0. The Hall–Kier alpha value is -3.10. The number of nitro benzene ring substituents is 1. The summed E-state index contributed by atoms with van der Waals surface area (Å²) in [4.78, 5) is 12.8. The highest BCUT2D eigenvalue weighted by molar-refractivity contribution is 5.39. The second-order valence-electron chi connectivity index (χ2n) is 8.45. The zero-order valence-corrected chi connectivity index (χ0v) is 19.2. The Morgan fingerprint density at radius 3 is 2.48 bits per heavy atom. The quantitative estimate of drug-likeness (QED) is 0.489. The van der Waals surface area contributed by atoms with E-state index in [2.05, 4.69) is 18.0 Å². The molecule has 1 spiro atoms. The van der Waals surface area contributed by atoms with Crippen molar-refractivity contribution in [2.24, 2.45) is 5.92 Å². The van der Waals surface area contributed by atoms with Crippen LogP contribution in [0.1, 0.15) is 30.9 Å². The number of benzene rings is 2. The molecule has 8 heteroatoms. The smallest absolute Gasteiger partial charge is 0.269 e. The summed E-state index contributed by atoms with van der Waals surface area (Å²) in [6, 6.07) is 14.2. The van der Waals surface area contributed by atoms with Gasteiger partial charge in [-0.05, 0) is 36.6 Å². The van der Waals surface area contributed by atoms with Crippen LogP contribution >= 0.6 is 0 Å². The molecule has 3 aliphatic rings. The van der Waals surface area contributed by atoms with E-state index in [1.165, 1.54) is 18.2 Å². The van der Waals surface area contributed by atoms with E-state index in [0.29, 0.717) is 12.5 Å². The van der Waals surface area contributed by atoms with Gasteiger partial charge in [0.25, 0.3) is 5.69 Å². The molecule has 8 nitrogen and oxygen atoms in total. The van der Waals surface area contributed by atoms with Crippen LogP contribution in [0.15, 0.2) is 60.3 Å². The van der Waals surface area contributed by atoms with E-state index >= 15 is 0 Å². The third kappa shape index (κ3) is 4.96. The van der Waals surface area contributed by atoms with Gasteiger partial charge in [0, 0.05) is 43.8 Å². The van der Waals surface area contributed by atoms with Crippen molar-refractivity contribution < 1.29 is 23.9 Å². The highest BCUT2D eigenvalue weighted by Gasteiger charge is 2.45. The predicted octanol–water partition coefficient (Wildman–Crippen LogP) is 4.71. The molecular weight excluding hydrogens is 424 g/mol. The van der Waals surface area contributed by atoms with Crippen LogP contribution in [0.4, 0.5) is 5.69 Å². The van der Waals surface area contributed by atoms with E-state index in [1.54, 1.807) is 26.4 Å². The van der Waals surface area contributed by atoms with Gasteiger partial charge in [0.2, 0.25) is 0 Å². The molecule has 1 aliphatic carbocycles. The lowest BCUT2D eigenvalue weighted by Gasteiger charge is -2.33. The monoisotopic (exact) mass is 454 g/mol. The van der Waals surface area contributed by atoms with E-state index in [0.717, 1.165) is 36.4 Å². The first-order valence-corrected chi connectivity index (χ1v) is 11.1. The van der Waals surface area contributed by atoms with Gasteiger partial charge in [0.05, 0.1) is 25.7 Å². The lowest BCUT2D eigenvalue weighted by atomic mass is 9.89. The summed E-state index contributed by atoms with van der Waals surface area (Å²) in [6.07, 6.45) is 4.99. The van der Waals surface area contributed by atoms with Crippen LogP contribution in [0.5, 0.6) is 11.5 Å². The lowest BCUT2D eigenvalue weighted by Crippen LogP contribution is -2.34. The van der Waals surface area contributed by atoms with Crippen LogP contribution in [-0.4, -0.2) is 50.0 Å². The van der Waals surface area contributed by atoms with Crippen molar-refractivity contribution in [2.45, 2.75) is 31.2 Å². The first-order valence-electron chi connectivity index (χ1n) is 11.1. The molecule has 2 aromatic rings. The maximum absolute atomic E-state index is 10.9. The van der Waals surface area contributed by atoms with Gasteiger partial charge in [-0.1, -0.05) is 24.3 Å². The molecule has 0 radical (unpaired) electrons. The van der Waals surface area contributed by atoms with E-state index in [1.807, 2.05) is 30.3 Å². The molecule has 3 unspecified atom stereocenters. The molecule has 0 amide bonds. The molecule has 0 aromatic heterocycles. The standard InChI is InChI=1S/C17H20N2O4.C8H10O2/c1-18-8-6-12-5-7-17(10-15(12)18)22-11-16(23-17)13-3-2-4-14(9-13)19(20)21;1-9-7-5-3-4-6-8(7)10-2/h2-4,9-10,12,16H,5-8,11H2,1H3;3-6H,1-2H3. The van der Waals surface area contributed by atoms with Crippen LogP contribution in [-0.2, 0) is 9.47 Å². The number of ether oxygens (including phenoxy) is 4. The Balaban J connectivity index is 0.000000219. The number of hydrogen-bond acceptors (Lipinski definition) is 7. The van der Waals surface area contributed by atoms with E-state index in [9.17, 15) is 10.1 Å². The fraction of sp³-hybridized carbons (Fsp3) is 0.440. The maximum Gasteiger partial charge on any atom is 0.269 e. The van der Waals surface area contributed by atoms with Gasteiger partial charge in [0.15, 0.2) is 17.3 Å². The van der Waals surface area contributed by atoms with Crippen LogP contribution in [0.2, 0.25) is 0 Å². The summed E-state index contributed by atoms with van der Waals surface area (Å²) >= 11 is 0. The highest BCUT2D eigenvalue weighted by atomic mass is 16.7. The number of allylic oxidation sites excluding steroid dienone is 1. The van der Waals surface area contributed by atoms with Gasteiger partial charge in [0.1, 0.15) is 6.10 Å². The number of likely N-dealkylation sites (tertiary alicyclic amines) is 1. The number of para-hydroxylation sites is 2. The molecule has 0 bridgehead atoms. The largest absolute Gasteiger partial charge is 0.493 e. The van der Waals surface area contributed by atoms with Crippen molar-refractivity contribution >= 4 is 5.69 Å². The molecule has 2 aromatic carbocycles. The number of rotatable bonds is 4. The van der Waals surface area contributed by atoms with Crippen LogP contribution in [0, 0.1) is 16.0 Å². The summed E-state index contributed by atoms with van der Waals surface area (Å²) in [5.74, 6) is 1.49. The normalized spacial score (nSPS) is 25.7. The first-order chi connectivity index (χ1) is 15.9. The Morgan fingerprint density at radius 2 is 1.82 bits per heavy atom. The second-order valence-corrected chi connectivity index (χ2v) is 8.45. The van der Waals surface area contributed by atoms with Gasteiger partial charge in [-0.15, -0.1) is 0 Å². The van der Waals surface area contributed by atoms with Crippen molar-refractivity contribution in [3.8, 4) is 11.5 Å². The number of methoxy groups -OCH3 is 2. The minimum atomic E-state index is -0.667. The number of nitro groups is 1.